The van der Waals surface area contributed by atoms with Gasteiger partial charge in [-0.05, 0) is 60.6 Å². The largest absolute Gasteiger partial charge is 0.325 e. The van der Waals surface area contributed by atoms with Crippen LogP contribution in [0.25, 0.3) is 0 Å². The van der Waals surface area contributed by atoms with E-state index in [1.54, 1.807) is 0 Å². The zero-order chi connectivity index (χ0) is 11.5. The lowest BCUT2D eigenvalue weighted by Crippen LogP contribution is -2.39. The Morgan fingerprint density at radius 1 is 1.47 bits per heavy atom. The van der Waals surface area contributed by atoms with Gasteiger partial charge in [0, 0.05) is 15.3 Å². The monoisotopic (exact) mass is 366 g/mol. The molecule has 1 unspecified atom stereocenters. The predicted molar refractivity (Wildman–Crippen MR) is 80.7 cm³/mol. The highest BCUT2D eigenvalue weighted by molar-refractivity contribution is 14.1. The van der Waals surface area contributed by atoms with E-state index in [1.807, 2.05) is 31.2 Å². The minimum absolute atomic E-state index is 0. The summed E-state index contributed by atoms with van der Waals surface area (Å²) in [6.45, 7) is 1.90. The van der Waals surface area contributed by atoms with Gasteiger partial charge in [-0.1, -0.05) is 6.07 Å². The number of benzene rings is 1. The second-order valence-corrected chi connectivity index (χ2v) is 5.41. The lowest BCUT2D eigenvalue weighted by atomic mass is 10.2. The second-order valence-electron chi connectivity index (χ2n) is 4.16. The summed E-state index contributed by atoms with van der Waals surface area (Å²) in [5, 5.41) is 6.18. The molecule has 0 bridgehead atoms. The fraction of sp³-hybridized carbons (Fsp3) is 0.417. The molecular formula is C12H16ClIN2O. The van der Waals surface area contributed by atoms with Gasteiger partial charge < -0.3 is 10.6 Å². The highest BCUT2D eigenvalue weighted by Crippen LogP contribution is 2.19. The molecule has 0 heterocycles. The molecule has 1 atom stereocenters. The Morgan fingerprint density at radius 2 is 2.18 bits per heavy atom. The first-order valence-corrected chi connectivity index (χ1v) is 6.55. The molecule has 94 valence electrons. The molecule has 0 aromatic heterocycles. The lowest BCUT2D eigenvalue weighted by Gasteiger charge is -2.13. The summed E-state index contributed by atoms with van der Waals surface area (Å²) in [7, 11) is 0. The van der Waals surface area contributed by atoms with Crippen LogP contribution >= 0.6 is 35.0 Å². The molecule has 0 saturated heterocycles. The molecule has 0 spiro atoms. The number of anilines is 1. The molecule has 3 nitrogen and oxygen atoms in total. The van der Waals surface area contributed by atoms with E-state index in [0.29, 0.717) is 6.04 Å². The van der Waals surface area contributed by atoms with Gasteiger partial charge in [0.25, 0.3) is 0 Å². The van der Waals surface area contributed by atoms with Crippen LogP contribution in [0.15, 0.2) is 24.3 Å². The number of halogens is 2. The van der Waals surface area contributed by atoms with Gasteiger partial charge in [-0.3, -0.25) is 4.79 Å². The van der Waals surface area contributed by atoms with Crippen molar-refractivity contribution in [2.24, 2.45) is 0 Å². The summed E-state index contributed by atoms with van der Waals surface area (Å²) < 4.78 is 1.12. The fourth-order valence-corrected chi connectivity index (χ4v) is 2.04. The molecule has 1 aliphatic rings. The smallest absolute Gasteiger partial charge is 0.241 e. The van der Waals surface area contributed by atoms with Crippen LogP contribution < -0.4 is 10.6 Å². The van der Waals surface area contributed by atoms with Crippen molar-refractivity contribution < 1.29 is 4.79 Å². The molecule has 5 heteroatoms. The summed E-state index contributed by atoms with van der Waals surface area (Å²) in [5.74, 6) is 0.0360. The Labute approximate surface area is 121 Å². The standard InChI is InChI=1S/C12H15IN2O.ClH/c1-8(14-10-5-6-10)12(16)15-11-4-2-3-9(13)7-11;/h2-4,7-8,10,14H,5-6H2,1H3,(H,15,16);1H. The molecule has 1 aliphatic carbocycles. The number of hydrogen-bond acceptors (Lipinski definition) is 2. The number of hydrogen-bond donors (Lipinski definition) is 2. The Balaban J connectivity index is 0.00000144. The third-order valence-electron chi connectivity index (χ3n) is 2.55. The van der Waals surface area contributed by atoms with E-state index in [0.717, 1.165) is 9.26 Å². The number of rotatable bonds is 4. The molecule has 1 amide bonds. The van der Waals surface area contributed by atoms with E-state index in [2.05, 4.69) is 33.2 Å². The summed E-state index contributed by atoms with van der Waals surface area (Å²) in [5.41, 5.74) is 0.862. The molecule has 17 heavy (non-hydrogen) atoms. The highest BCUT2D eigenvalue weighted by Gasteiger charge is 2.25. The van der Waals surface area contributed by atoms with E-state index in [4.69, 9.17) is 0 Å². The normalized spacial score (nSPS) is 15.9. The van der Waals surface area contributed by atoms with Crippen molar-refractivity contribution in [3.8, 4) is 0 Å². The molecule has 1 saturated carbocycles. The zero-order valence-corrected chi connectivity index (χ0v) is 12.5. The van der Waals surface area contributed by atoms with Gasteiger partial charge in [0.15, 0.2) is 0 Å². The Bertz CT molecular complexity index is 396. The van der Waals surface area contributed by atoms with Crippen LogP contribution in [-0.2, 0) is 4.79 Å². The Morgan fingerprint density at radius 3 is 2.76 bits per heavy atom. The molecular weight excluding hydrogens is 351 g/mol. The van der Waals surface area contributed by atoms with Crippen molar-refractivity contribution >= 4 is 46.6 Å². The molecule has 1 aromatic carbocycles. The van der Waals surface area contributed by atoms with Crippen LogP contribution in [0.4, 0.5) is 5.69 Å². The van der Waals surface area contributed by atoms with E-state index >= 15 is 0 Å². The van der Waals surface area contributed by atoms with Crippen LogP contribution in [0, 0.1) is 3.57 Å². The van der Waals surface area contributed by atoms with Gasteiger partial charge >= 0.3 is 0 Å². The topological polar surface area (TPSA) is 41.1 Å². The molecule has 0 aliphatic heterocycles. The predicted octanol–water partition coefficient (Wildman–Crippen LogP) is 2.79. The maximum Gasteiger partial charge on any atom is 0.241 e. The van der Waals surface area contributed by atoms with Crippen molar-refractivity contribution in [1.29, 1.82) is 0 Å². The van der Waals surface area contributed by atoms with Gasteiger partial charge in [0.05, 0.1) is 6.04 Å². The second kappa shape index (κ2) is 6.56. The van der Waals surface area contributed by atoms with Gasteiger partial charge in [-0.15, -0.1) is 12.4 Å². The van der Waals surface area contributed by atoms with E-state index < -0.39 is 0 Å². The van der Waals surface area contributed by atoms with Crippen LogP contribution in [0.2, 0.25) is 0 Å². The minimum Gasteiger partial charge on any atom is -0.325 e. The highest BCUT2D eigenvalue weighted by atomic mass is 127. The fourth-order valence-electron chi connectivity index (χ4n) is 1.50. The Kier molecular flexibility index (Phi) is 5.69. The average Bonchev–Trinajstić information content (AvgIpc) is 3.01. The number of nitrogens with one attached hydrogen (secondary N) is 2. The SMILES string of the molecule is CC(NC1CC1)C(=O)Nc1cccc(I)c1.Cl. The number of carbonyl (C=O) groups excluding carboxylic acids is 1. The molecule has 2 N–H and O–H groups in total. The first-order valence-electron chi connectivity index (χ1n) is 5.47. The van der Waals surface area contributed by atoms with Gasteiger partial charge in [0.1, 0.15) is 0 Å². The first kappa shape index (κ1) is 14.7. The van der Waals surface area contributed by atoms with Crippen molar-refractivity contribution in [3.05, 3.63) is 27.8 Å². The van der Waals surface area contributed by atoms with E-state index in [1.165, 1.54) is 12.8 Å². The first-order chi connectivity index (χ1) is 7.65. The summed E-state index contributed by atoms with van der Waals surface area (Å²) in [6.07, 6.45) is 2.39. The van der Waals surface area contributed by atoms with Gasteiger partial charge in [-0.2, -0.15) is 0 Å². The van der Waals surface area contributed by atoms with Crippen molar-refractivity contribution in [1.82, 2.24) is 5.32 Å². The molecule has 2 rings (SSSR count). The maximum atomic E-state index is 11.8. The third kappa shape index (κ3) is 4.81. The van der Waals surface area contributed by atoms with Crippen molar-refractivity contribution in [2.45, 2.75) is 31.8 Å². The summed E-state index contributed by atoms with van der Waals surface area (Å²) in [4.78, 5) is 11.8. The van der Waals surface area contributed by atoms with E-state index in [9.17, 15) is 4.79 Å². The Hall–Kier alpha value is -0.330. The van der Waals surface area contributed by atoms with Crippen molar-refractivity contribution in [2.75, 3.05) is 5.32 Å². The van der Waals surface area contributed by atoms with Crippen LogP contribution in [-0.4, -0.2) is 18.0 Å². The third-order valence-corrected chi connectivity index (χ3v) is 3.22. The molecule has 1 fully saturated rings. The van der Waals surface area contributed by atoms with Gasteiger partial charge in [-0.25, -0.2) is 0 Å². The zero-order valence-electron chi connectivity index (χ0n) is 9.57. The van der Waals surface area contributed by atoms with Gasteiger partial charge in [0.2, 0.25) is 5.91 Å². The molecule has 1 aromatic rings. The number of carbonyl (C=O) groups is 1. The van der Waals surface area contributed by atoms with Crippen LogP contribution in [0.3, 0.4) is 0 Å². The molecule has 0 radical (unpaired) electrons. The van der Waals surface area contributed by atoms with Crippen LogP contribution in [0.1, 0.15) is 19.8 Å². The minimum atomic E-state index is -0.120. The number of amides is 1. The maximum absolute atomic E-state index is 11.8. The summed E-state index contributed by atoms with van der Waals surface area (Å²) in [6, 6.07) is 8.24. The average molecular weight is 367 g/mol. The summed E-state index contributed by atoms with van der Waals surface area (Å²) >= 11 is 2.23. The van der Waals surface area contributed by atoms with E-state index in [-0.39, 0.29) is 24.4 Å². The quantitative estimate of drug-likeness (QED) is 0.805. The van der Waals surface area contributed by atoms with Crippen LogP contribution in [0.5, 0.6) is 0 Å². The lowest BCUT2D eigenvalue weighted by molar-refractivity contribution is -0.117. The van der Waals surface area contributed by atoms with Crippen molar-refractivity contribution in [3.63, 3.8) is 0 Å².